The smallest absolute Gasteiger partial charge is 0.182 e. The highest BCUT2D eigenvalue weighted by Crippen LogP contribution is 2.15. The Morgan fingerprint density at radius 1 is 0.429 bits per heavy atom. The van der Waals surface area contributed by atoms with E-state index in [0.29, 0.717) is 22.8 Å². The van der Waals surface area contributed by atoms with Crippen LogP contribution in [0.15, 0.2) is 129 Å². The number of nitrogens with zero attached hydrogens (tertiary/aromatic N) is 2. The Morgan fingerprint density at radius 3 is 0.952 bits per heavy atom. The predicted molar refractivity (Wildman–Crippen MR) is 163 cm³/mol. The van der Waals surface area contributed by atoms with Crippen LogP contribution in [0.3, 0.4) is 0 Å². The molecule has 0 radical (unpaired) electrons. The number of nitrogens with one attached hydrogen (secondary N) is 4. The van der Waals surface area contributed by atoms with Crippen molar-refractivity contribution in [2.24, 2.45) is 0 Å². The zero-order valence-corrected chi connectivity index (χ0v) is 22.9. The first-order valence-corrected chi connectivity index (χ1v) is 12.9. The van der Waals surface area contributed by atoms with E-state index in [9.17, 15) is 19.2 Å². The van der Waals surface area contributed by atoms with Crippen molar-refractivity contribution in [2.75, 3.05) is 0 Å². The van der Waals surface area contributed by atoms with Gasteiger partial charge in [-0.2, -0.15) is 0 Å². The Morgan fingerprint density at radius 2 is 0.714 bits per heavy atom. The first kappa shape index (κ1) is 29.1. The van der Waals surface area contributed by atoms with Crippen molar-refractivity contribution in [3.05, 3.63) is 162 Å². The molecule has 0 aromatic carbocycles. The first-order valence-electron chi connectivity index (χ1n) is 12.9. The van der Waals surface area contributed by atoms with E-state index in [4.69, 9.17) is 0 Å². The monoisotopic (exact) mass is 560 g/mol. The Bertz CT molecular complexity index is 1770. The third-order valence-electron chi connectivity index (χ3n) is 5.77. The average molecular weight is 561 g/mol. The lowest BCUT2D eigenvalue weighted by molar-refractivity contribution is 1.21. The predicted octanol–water partition coefficient (Wildman–Crippen LogP) is 4.22. The lowest BCUT2D eigenvalue weighted by Crippen LogP contribution is -2.02. The van der Waals surface area contributed by atoms with Crippen LogP contribution in [0.4, 0.5) is 0 Å². The molecule has 6 rings (SSSR count). The lowest BCUT2D eigenvalue weighted by Gasteiger charge is -2.01. The molecule has 10 nitrogen and oxygen atoms in total. The highest BCUT2D eigenvalue weighted by atomic mass is 16.1. The van der Waals surface area contributed by atoms with E-state index in [-0.39, 0.29) is 21.7 Å². The molecule has 0 bridgehead atoms. The van der Waals surface area contributed by atoms with Gasteiger partial charge >= 0.3 is 0 Å². The summed E-state index contributed by atoms with van der Waals surface area (Å²) >= 11 is 0. The van der Waals surface area contributed by atoms with E-state index in [1.165, 1.54) is 59.7 Å². The van der Waals surface area contributed by atoms with Crippen molar-refractivity contribution in [3.8, 4) is 34.2 Å². The molecular weight excluding hydrogens is 532 g/mol. The summed E-state index contributed by atoms with van der Waals surface area (Å²) in [5.74, 6) is 0. The van der Waals surface area contributed by atoms with Crippen molar-refractivity contribution in [1.82, 2.24) is 29.9 Å². The van der Waals surface area contributed by atoms with Crippen LogP contribution >= 0.6 is 0 Å². The summed E-state index contributed by atoms with van der Waals surface area (Å²) in [5, 5.41) is 0. The van der Waals surface area contributed by atoms with E-state index in [1.807, 2.05) is 36.7 Å². The number of pyridine rings is 6. The van der Waals surface area contributed by atoms with Crippen LogP contribution in [0.25, 0.3) is 34.2 Å². The molecule has 0 aliphatic rings. The molecule has 210 valence electrons. The number of aromatic amines is 4. The molecule has 4 N–H and O–H groups in total. The van der Waals surface area contributed by atoms with E-state index in [2.05, 4.69) is 43.8 Å². The summed E-state index contributed by atoms with van der Waals surface area (Å²) in [4.78, 5) is 64.3. The van der Waals surface area contributed by atoms with Crippen LogP contribution in [0.5, 0.6) is 0 Å². The van der Waals surface area contributed by atoms with Crippen LogP contribution in [0, 0.1) is 13.8 Å². The normalized spacial score (nSPS) is 10.0. The van der Waals surface area contributed by atoms with Crippen LogP contribution in [-0.2, 0) is 0 Å². The molecule has 6 aromatic rings. The van der Waals surface area contributed by atoms with Gasteiger partial charge in [0.25, 0.3) is 0 Å². The summed E-state index contributed by atoms with van der Waals surface area (Å²) in [5.41, 5.74) is 6.34. The number of aromatic nitrogens is 6. The van der Waals surface area contributed by atoms with Gasteiger partial charge in [0.15, 0.2) is 21.7 Å². The zero-order chi connectivity index (χ0) is 29.9. The summed E-state index contributed by atoms with van der Waals surface area (Å²) in [6, 6.07) is 19.5. The number of aryl methyl sites for hydroxylation is 2. The Hall–Kier alpha value is -5.90. The number of rotatable bonds is 3. The van der Waals surface area contributed by atoms with Crippen molar-refractivity contribution in [3.63, 3.8) is 0 Å². The fraction of sp³-hybridized carbons (Fsp3) is 0.0625. The highest BCUT2D eigenvalue weighted by molar-refractivity contribution is 5.55. The van der Waals surface area contributed by atoms with Gasteiger partial charge in [-0.15, -0.1) is 0 Å². The topological polar surface area (TPSA) is 157 Å². The van der Waals surface area contributed by atoms with Gasteiger partial charge < -0.3 is 19.9 Å². The maximum absolute atomic E-state index is 11.0. The fourth-order valence-corrected chi connectivity index (χ4v) is 3.76. The van der Waals surface area contributed by atoms with Crippen molar-refractivity contribution in [2.45, 2.75) is 13.8 Å². The second-order valence-corrected chi connectivity index (χ2v) is 9.19. The first-order chi connectivity index (χ1) is 20.3. The lowest BCUT2D eigenvalue weighted by atomic mass is 10.1. The van der Waals surface area contributed by atoms with Gasteiger partial charge in [-0.05, 0) is 49.2 Å². The maximum Gasteiger partial charge on any atom is 0.182 e. The molecule has 0 unspecified atom stereocenters. The van der Waals surface area contributed by atoms with E-state index >= 15 is 0 Å². The second kappa shape index (κ2) is 13.9. The van der Waals surface area contributed by atoms with Gasteiger partial charge in [-0.3, -0.25) is 29.1 Å². The molecule has 42 heavy (non-hydrogen) atoms. The minimum absolute atomic E-state index is 0.0940. The zero-order valence-electron chi connectivity index (χ0n) is 22.9. The Labute approximate surface area is 239 Å². The second-order valence-electron chi connectivity index (χ2n) is 9.19. The van der Waals surface area contributed by atoms with E-state index < -0.39 is 0 Å². The van der Waals surface area contributed by atoms with Gasteiger partial charge in [-0.25, -0.2) is 0 Å². The summed E-state index contributed by atoms with van der Waals surface area (Å²) in [6.45, 7) is 4.11. The summed E-state index contributed by atoms with van der Waals surface area (Å²) in [7, 11) is 0. The molecule has 0 saturated carbocycles. The van der Waals surface area contributed by atoms with Gasteiger partial charge in [-0.1, -0.05) is 0 Å². The highest BCUT2D eigenvalue weighted by Gasteiger charge is 2.01. The standard InChI is InChI=1S/C12H12N2.2C10H8N2O2/c1-9-3-5-13-11(7-9)12-8-10(2)4-6-14-12;2*13-7-1-3-11-9(5-7)10-6-8(14)2-4-12-10/h3-8H,1-2H3;2*1-6H,(H,11,13)(H,12,14). The third-order valence-corrected chi connectivity index (χ3v) is 5.77. The molecule has 0 amide bonds. The molecule has 6 aromatic heterocycles. The molecule has 6 heterocycles. The largest absolute Gasteiger partial charge is 0.360 e. The van der Waals surface area contributed by atoms with Crippen molar-refractivity contribution >= 4 is 0 Å². The molecule has 0 atom stereocenters. The molecule has 0 aliphatic heterocycles. The van der Waals surface area contributed by atoms with Crippen molar-refractivity contribution in [1.29, 1.82) is 0 Å². The molecule has 0 spiro atoms. The number of hydrogen-bond acceptors (Lipinski definition) is 6. The van der Waals surface area contributed by atoms with Gasteiger partial charge in [0.2, 0.25) is 0 Å². The molecular formula is C32H28N6O4. The quantitative estimate of drug-likeness (QED) is 0.254. The van der Waals surface area contributed by atoms with Gasteiger partial charge in [0, 0.05) is 85.7 Å². The minimum Gasteiger partial charge on any atom is -0.360 e. The minimum atomic E-state index is -0.0940. The summed E-state index contributed by atoms with van der Waals surface area (Å²) < 4.78 is 0. The number of H-pyrrole nitrogens is 4. The van der Waals surface area contributed by atoms with Crippen LogP contribution in [-0.4, -0.2) is 29.9 Å². The average Bonchev–Trinajstić information content (AvgIpc) is 2.98. The fourth-order valence-electron chi connectivity index (χ4n) is 3.76. The maximum atomic E-state index is 11.0. The van der Waals surface area contributed by atoms with E-state index in [1.54, 1.807) is 24.8 Å². The summed E-state index contributed by atoms with van der Waals surface area (Å²) in [6.07, 6.45) is 9.81. The SMILES string of the molecule is Cc1ccnc(-c2cc(C)ccn2)c1.O=c1cc[nH]c(-c2cc(=O)cc[nH]2)c1.O=c1cc[nH]c(-c2cc(=O)cc[nH]2)c1. The third kappa shape index (κ3) is 8.55. The molecule has 0 fully saturated rings. The Balaban J connectivity index is 0.000000145. The van der Waals surface area contributed by atoms with Crippen molar-refractivity contribution < 1.29 is 0 Å². The van der Waals surface area contributed by atoms with Crippen LogP contribution in [0.1, 0.15) is 11.1 Å². The Kier molecular flexibility index (Phi) is 9.66. The van der Waals surface area contributed by atoms with Gasteiger partial charge in [0.1, 0.15) is 0 Å². The number of hydrogen-bond donors (Lipinski definition) is 4. The molecule has 0 saturated heterocycles. The van der Waals surface area contributed by atoms with Gasteiger partial charge in [0.05, 0.1) is 34.2 Å². The van der Waals surface area contributed by atoms with Crippen LogP contribution < -0.4 is 21.7 Å². The molecule has 10 heteroatoms. The van der Waals surface area contributed by atoms with E-state index in [0.717, 1.165) is 11.4 Å². The van der Waals surface area contributed by atoms with Crippen LogP contribution in [0.2, 0.25) is 0 Å². The molecule has 0 aliphatic carbocycles.